The molecule has 0 amide bonds. The second-order valence-electron chi connectivity index (χ2n) is 0.0546. The average Bonchev–Trinajstić information content (AvgIpc) is 0.918. The molecule has 0 bridgehead atoms. The molecule has 0 saturated carbocycles. The van der Waals surface area contributed by atoms with Gasteiger partial charge in [0.15, 0.2) is 0 Å². The molecule has 0 saturated heterocycles. The van der Waals surface area contributed by atoms with E-state index in [1.807, 2.05) is 0 Å². The van der Waals surface area contributed by atoms with Crippen LogP contribution in [-0.2, 0) is 38.2 Å². The average molecular weight is 214 g/mol. The first-order valence-electron chi connectivity index (χ1n) is 0.278. The first kappa shape index (κ1) is 8.99. The molecule has 0 aliphatic rings. The molecule has 0 unspecified atom stereocenters. The Morgan fingerprint density at radius 1 is 1.75 bits per heavy atom. The zero-order valence-electron chi connectivity index (χ0n) is 1.46. The molecule has 31 valence electrons. The van der Waals surface area contributed by atoms with Crippen LogP contribution < -0.4 is 0 Å². The molecule has 0 aromatic rings. The Kier molecular flexibility index (Phi) is 19.9. The predicted octanol–water partition coefficient (Wildman–Crippen LogP) is 0.566. The van der Waals surface area contributed by atoms with Gasteiger partial charge in [0, 0.05) is 20.4 Å². The molecule has 0 fully saturated rings. The van der Waals surface area contributed by atoms with Crippen LogP contribution in [0.3, 0.4) is 0 Å². The van der Waals surface area contributed by atoms with Crippen molar-refractivity contribution >= 4 is 10.1 Å². The summed E-state index contributed by atoms with van der Waals surface area (Å²) in [5, 5.41) is 0. The zero-order valence-corrected chi connectivity index (χ0v) is 4.87. The zero-order chi connectivity index (χ0) is 2.71. The Balaban J connectivity index is 0. The van der Waals surface area contributed by atoms with E-state index in [9.17, 15) is 0 Å². The SMILES string of the molecule is [O]=[Fe][Cl].[Pd]. The van der Waals surface area contributed by atoms with E-state index in [2.05, 4.69) is 10.1 Å². The van der Waals surface area contributed by atoms with Gasteiger partial charge in [-0.05, 0) is 0 Å². The predicted molar refractivity (Wildman–Crippen MR) is 6.54 cm³/mol. The Hall–Kier alpha value is 1.27. The molecule has 0 aliphatic carbocycles. The van der Waals surface area contributed by atoms with Crippen molar-refractivity contribution in [3.05, 3.63) is 0 Å². The topological polar surface area (TPSA) is 17.1 Å². The Labute approximate surface area is 48.3 Å². The molecule has 0 N–H and O–H groups in total. The van der Waals surface area contributed by atoms with Crippen LogP contribution in [0.5, 0.6) is 0 Å². The Morgan fingerprint density at radius 2 is 1.75 bits per heavy atom. The monoisotopic (exact) mass is 213 g/mol. The third-order valence-corrected chi connectivity index (χ3v) is 0. The molecule has 0 atom stereocenters. The second-order valence-corrected chi connectivity index (χ2v) is 0.675. The second kappa shape index (κ2) is 8.86. The van der Waals surface area contributed by atoms with Crippen LogP contribution in [0.2, 0.25) is 0 Å². The molecular weight excluding hydrogens is 214 g/mol. The van der Waals surface area contributed by atoms with Gasteiger partial charge in [0.25, 0.3) is 0 Å². The summed E-state index contributed by atoms with van der Waals surface area (Å²) in [5.74, 6) is 0. The first-order valence-corrected chi connectivity index (χ1v) is 2.25. The number of halogens is 1. The molecule has 0 heterocycles. The van der Waals surface area contributed by atoms with E-state index in [0.29, 0.717) is 0 Å². The molecule has 0 spiro atoms. The minimum Gasteiger partial charge on any atom is 0 e. The minimum atomic E-state index is -0.528. The summed E-state index contributed by atoms with van der Waals surface area (Å²) in [4.78, 5) is 0. The van der Waals surface area contributed by atoms with Crippen molar-refractivity contribution in [3.8, 4) is 0 Å². The summed E-state index contributed by atoms with van der Waals surface area (Å²) >= 11 is -0.528. The Morgan fingerprint density at radius 3 is 1.75 bits per heavy atom. The van der Waals surface area contributed by atoms with Gasteiger partial charge in [-0.15, -0.1) is 0 Å². The fraction of sp³-hybridized carbons (Fsp3) is 0. The smallest absolute Gasteiger partial charge is 0 e. The molecule has 0 radical (unpaired) electrons. The summed E-state index contributed by atoms with van der Waals surface area (Å²) in [7, 11) is 4.44. The van der Waals surface area contributed by atoms with Crippen LogP contribution in [0.25, 0.3) is 0 Å². The van der Waals surface area contributed by atoms with E-state index in [1.165, 1.54) is 0 Å². The summed E-state index contributed by atoms with van der Waals surface area (Å²) < 4.78 is 8.70. The summed E-state index contributed by atoms with van der Waals surface area (Å²) in [5.41, 5.74) is 0. The van der Waals surface area contributed by atoms with Gasteiger partial charge in [-0.1, -0.05) is 0 Å². The van der Waals surface area contributed by atoms with E-state index < -0.39 is 14.0 Å². The Bertz CT molecular complexity index is 15.5. The van der Waals surface area contributed by atoms with Gasteiger partial charge in [-0.2, -0.15) is 0 Å². The third kappa shape index (κ3) is 10.4. The van der Waals surface area contributed by atoms with E-state index >= 15 is 0 Å². The summed E-state index contributed by atoms with van der Waals surface area (Å²) in [6.07, 6.45) is 0. The van der Waals surface area contributed by atoms with Crippen LogP contribution in [0, 0.1) is 0 Å². The number of rotatable bonds is 0. The van der Waals surface area contributed by atoms with Crippen molar-refractivity contribution in [1.82, 2.24) is 0 Å². The summed E-state index contributed by atoms with van der Waals surface area (Å²) in [6, 6.07) is 0. The van der Waals surface area contributed by atoms with E-state index in [4.69, 9.17) is 3.83 Å². The standard InChI is InChI=1S/ClH.Fe.O.Pd/h1H;;;/q;+1;;/p-1. The van der Waals surface area contributed by atoms with Crippen LogP contribution in [0.4, 0.5) is 0 Å². The van der Waals surface area contributed by atoms with Gasteiger partial charge in [0.2, 0.25) is 0 Å². The maximum Gasteiger partial charge on any atom is 0 e. The number of hydrogen-bond donors (Lipinski definition) is 0. The minimum absolute atomic E-state index is 0. The van der Waals surface area contributed by atoms with Crippen molar-refractivity contribution in [1.29, 1.82) is 0 Å². The van der Waals surface area contributed by atoms with Gasteiger partial charge in [-0.25, -0.2) is 0 Å². The maximum atomic E-state index is 8.70. The third-order valence-electron chi connectivity index (χ3n) is 0. The van der Waals surface area contributed by atoms with E-state index in [-0.39, 0.29) is 20.4 Å². The van der Waals surface area contributed by atoms with Gasteiger partial charge < -0.3 is 0 Å². The van der Waals surface area contributed by atoms with Crippen molar-refractivity contribution in [2.45, 2.75) is 0 Å². The van der Waals surface area contributed by atoms with E-state index in [1.54, 1.807) is 0 Å². The molecule has 1 nitrogen and oxygen atoms in total. The van der Waals surface area contributed by atoms with Gasteiger partial charge >= 0.3 is 27.9 Å². The fourth-order valence-electron chi connectivity index (χ4n) is 0. The number of hydrogen-bond acceptors (Lipinski definition) is 1. The van der Waals surface area contributed by atoms with Crippen LogP contribution in [0.1, 0.15) is 0 Å². The normalized spacial score (nSPS) is 4.25. The largest absolute Gasteiger partial charge is 0 e. The van der Waals surface area contributed by atoms with Gasteiger partial charge in [-0.3, -0.25) is 0 Å². The van der Waals surface area contributed by atoms with Crippen LogP contribution in [-0.4, -0.2) is 0 Å². The van der Waals surface area contributed by atoms with Gasteiger partial charge in [0.1, 0.15) is 0 Å². The van der Waals surface area contributed by atoms with Crippen molar-refractivity contribution in [3.63, 3.8) is 0 Å². The first-order chi connectivity index (χ1) is 1.41. The van der Waals surface area contributed by atoms with E-state index in [0.717, 1.165) is 0 Å². The maximum absolute atomic E-state index is 8.70. The fourth-order valence-corrected chi connectivity index (χ4v) is 0. The molecule has 0 aliphatic heterocycles. The molecule has 0 aromatic heterocycles. The molecule has 4 heteroatoms. The molecule has 4 heavy (non-hydrogen) atoms. The van der Waals surface area contributed by atoms with Crippen molar-refractivity contribution < 1.29 is 38.2 Å². The molecule has 0 aromatic carbocycles. The van der Waals surface area contributed by atoms with Crippen LogP contribution >= 0.6 is 10.1 Å². The molecule has 0 rings (SSSR count). The van der Waals surface area contributed by atoms with Crippen molar-refractivity contribution in [2.75, 3.05) is 0 Å². The summed E-state index contributed by atoms with van der Waals surface area (Å²) in [6.45, 7) is 0. The quantitative estimate of drug-likeness (QED) is 0.538. The molecular formula is ClFeOPd. The van der Waals surface area contributed by atoms with Crippen molar-refractivity contribution in [2.24, 2.45) is 0 Å². The van der Waals surface area contributed by atoms with Gasteiger partial charge in [0.05, 0.1) is 0 Å². The van der Waals surface area contributed by atoms with Crippen LogP contribution in [0.15, 0.2) is 0 Å².